The van der Waals surface area contributed by atoms with Gasteiger partial charge in [-0.1, -0.05) is 54.6 Å². The second-order valence-corrected chi connectivity index (χ2v) is 7.48. The maximum Gasteiger partial charge on any atom is 0.163 e. The van der Waals surface area contributed by atoms with E-state index in [4.69, 9.17) is 9.97 Å². The number of hydrogen-bond donors (Lipinski definition) is 2. The Morgan fingerprint density at radius 1 is 0.846 bits per heavy atom. The van der Waals surface area contributed by atoms with Gasteiger partial charge in [-0.05, 0) is 38.8 Å². The van der Waals surface area contributed by atoms with Crippen molar-refractivity contribution in [1.82, 2.24) is 9.97 Å². The minimum atomic E-state index is -0.0738. The van der Waals surface area contributed by atoms with E-state index in [9.17, 15) is 0 Å². The van der Waals surface area contributed by atoms with Crippen LogP contribution in [0.1, 0.15) is 31.9 Å². The van der Waals surface area contributed by atoms with Crippen molar-refractivity contribution in [3.8, 4) is 11.4 Å². The normalized spacial score (nSPS) is 11.2. The number of aryl methyl sites for hydroxylation is 1. The van der Waals surface area contributed by atoms with Crippen LogP contribution in [-0.2, 0) is 6.54 Å². The van der Waals surface area contributed by atoms with E-state index in [-0.39, 0.29) is 5.54 Å². The van der Waals surface area contributed by atoms with Gasteiger partial charge in [-0.15, -0.1) is 0 Å². The number of hydrogen-bond acceptors (Lipinski definition) is 4. The maximum absolute atomic E-state index is 4.72. The zero-order valence-electron chi connectivity index (χ0n) is 15.9. The fraction of sp³-hybridized carbons (Fsp3) is 0.273. The van der Waals surface area contributed by atoms with Crippen LogP contribution in [0, 0.1) is 6.92 Å². The third-order valence-electron chi connectivity index (χ3n) is 3.98. The molecule has 134 valence electrons. The number of aromatic nitrogens is 2. The number of nitrogens with one attached hydrogen (secondary N) is 2. The summed E-state index contributed by atoms with van der Waals surface area (Å²) >= 11 is 0. The van der Waals surface area contributed by atoms with Gasteiger partial charge < -0.3 is 10.6 Å². The molecule has 0 bridgehead atoms. The van der Waals surface area contributed by atoms with Gasteiger partial charge in [-0.3, -0.25) is 0 Å². The summed E-state index contributed by atoms with van der Waals surface area (Å²) in [5.74, 6) is 2.35. The van der Waals surface area contributed by atoms with Crippen LogP contribution in [0.3, 0.4) is 0 Å². The summed E-state index contributed by atoms with van der Waals surface area (Å²) < 4.78 is 0. The summed E-state index contributed by atoms with van der Waals surface area (Å²) in [7, 11) is 0. The fourth-order valence-electron chi connectivity index (χ4n) is 2.70. The largest absolute Gasteiger partial charge is 0.366 e. The van der Waals surface area contributed by atoms with Crippen LogP contribution in [0.15, 0.2) is 60.7 Å². The third kappa shape index (κ3) is 4.82. The van der Waals surface area contributed by atoms with Gasteiger partial charge in [0.05, 0.1) is 0 Å². The molecule has 0 amide bonds. The average molecular weight is 346 g/mol. The lowest BCUT2D eigenvalue weighted by Gasteiger charge is -2.22. The van der Waals surface area contributed by atoms with Crippen LogP contribution < -0.4 is 10.6 Å². The average Bonchev–Trinajstić information content (AvgIpc) is 2.60. The second-order valence-electron chi connectivity index (χ2n) is 7.48. The van der Waals surface area contributed by atoms with Gasteiger partial charge in [0.15, 0.2) is 5.82 Å². The Balaban J connectivity index is 1.90. The molecule has 3 rings (SSSR count). The van der Waals surface area contributed by atoms with Gasteiger partial charge in [-0.25, -0.2) is 9.97 Å². The smallest absolute Gasteiger partial charge is 0.163 e. The fourth-order valence-corrected chi connectivity index (χ4v) is 2.70. The van der Waals surface area contributed by atoms with E-state index in [2.05, 4.69) is 62.6 Å². The zero-order valence-corrected chi connectivity index (χ0v) is 15.9. The lowest BCUT2D eigenvalue weighted by molar-refractivity contribution is 0.630. The lowest BCUT2D eigenvalue weighted by Crippen LogP contribution is -2.27. The molecule has 0 radical (unpaired) electrons. The first-order chi connectivity index (χ1) is 12.4. The standard InChI is InChI=1S/C22H26N4/c1-16-10-8-9-13-18(16)15-23-19-14-20(26-22(2,3)4)25-21(24-19)17-11-6-5-7-12-17/h5-14H,15H2,1-4H3,(H2,23,24,25,26). The highest BCUT2D eigenvalue weighted by Gasteiger charge is 2.13. The molecule has 0 aliphatic rings. The van der Waals surface area contributed by atoms with Crippen molar-refractivity contribution >= 4 is 11.6 Å². The highest BCUT2D eigenvalue weighted by Crippen LogP contribution is 2.22. The molecule has 26 heavy (non-hydrogen) atoms. The van der Waals surface area contributed by atoms with Crippen LogP contribution in [0.4, 0.5) is 11.6 Å². The van der Waals surface area contributed by atoms with Crippen LogP contribution in [-0.4, -0.2) is 15.5 Å². The Morgan fingerprint density at radius 3 is 2.19 bits per heavy atom. The van der Waals surface area contributed by atoms with Crippen LogP contribution in [0.5, 0.6) is 0 Å². The highest BCUT2D eigenvalue weighted by molar-refractivity contribution is 5.61. The molecule has 0 aliphatic carbocycles. The molecule has 4 heteroatoms. The molecular weight excluding hydrogens is 320 g/mol. The van der Waals surface area contributed by atoms with Crippen molar-refractivity contribution in [2.45, 2.75) is 39.8 Å². The summed E-state index contributed by atoms with van der Waals surface area (Å²) in [5.41, 5.74) is 3.46. The molecule has 1 aromatic heterocycles. The van der Waals surface area contributed by atoms with E-state index in [0.29, 0.717) is 5.82 Å². The van der Waals surface area contributed by atoms with E-state index in [1.807, 2.05) is 36.4 Å². The number of anilines is 2. The summed E-state index contributed by atoms with van der Waals surface area (Å²) in [6.07, 6.45) is 0. The van der Waals surface area contributed by atoms with Crippen molar-refractivity contribution in [2.75, 3.05) is 10.6 Å². The number of nitrogens with zero attached hydrogens (tertiary/aromatic N) is 2. The molecule has 0 aliphatic heterocycles. The van der Waals surface area contributed by atoms with Gasteiger partial charge in [-0.2, -0.15) is 0 Å². The Hall–Kier alpha value is -2.88. The number of rotatable bonds is 5. The minimum absolute atomic E-state index is 0.0738. The molecule has 0 fully saturated rings. The molecule has 1 heterocycles. The van der Waals surface area contributed by atoms with E-state index < -0.39 is 0 Å². The van der Waals surface area contributed by atoms with E-state index in [0.717, 1.165) is 23.7 Å². The summed E-state index contributed by atoms with van der Waals surface area (Å²) in [6, 6.07) is 20.4. The lowest BCUT2D eigenvalue weighted by atomic mass is 10.1. The summed E-state index contributed by atoms with van der Waals surface area (Å²) in [4.78, 5) is 9.42. The van der Waals surface area contributed by atoms with E-state index >= 15 is 0 Å². The Labute approximate surface area is 155 Å². The van der Waals surface area contributed by atoms with Crippen molar-refractivity contribution in [1.29, 1.82) is 0 Å². The quantitative estimate of drug-likeness (QED) is 0.660. The van der Waals surface area contributed by atoms with Gasteiger partial charge >= 0.3 is 0 Å². The molecular formula is C22H26N4. The van der Waals surface area contributed by atoms with Crippen molar-refractivity contribution in [3.05, 3.63) is 71.8 Å². The zero-order chi connectivity index (χ0) is 18.6. The molecule has 2 N–H and O–H groups in total. The molecule has 0 saturated heterocycles. The molecule has 0 unspecified atom stereocenters. The predicted octanol–water partition coefficient (Wildman–Crippen LogP) is 5.27. The topological polar surface area (TPSA) is 49.8 Å². The van der Waals surface area contributed by atoms with Gasteiger partial charge in [0.2, 0.25) is 0 Å². The maximum atomic E-state index is 4.72. The molecule has 0 atom stereocenters. The highest BCUT2D eigenvalue weighted by atomic mass is 15.1. The van der Waals surface area contributed by atoms with Gasteiger partial charge in [0.25, 0.3) is 0 Å². The molecule has 0 saturated carbocycles. The second kappa shape index (κ2) is 7.56. The third-order valence-corrected chi connectivity index (χ3v) is 3.98. The molecule has 3 aromatic rings. The van der Waals surface area contributed by atoms with Crippen molar-refractivity contribution in [2.24, 2.45) is 0 Å². The minimum Gasteiger partial charge on any atom is -0.366 e. The Morgan fingerprint density at radius 2 is 1.50 bits per heavy atom. The first kappa shape index (κ1) is 17.9. The van der Waals surface area contributed by atoms with Crippen LogP contribution in [0.2, 0.25) is 0 Å². The predicted molar refractivity (Wildman–Crippen MR) is 109 cm³/mol. The van der Waals surface area contributed by atoms with Crippen LogP contribution >= 0.6 is 0 Å². The van der Waals surface area contributed by atoms with Gasteiger partial charge in [0.1, 0.15) is 11.6 Å². The van der Waals surface area contributed by atoms with E-state index in [1.54, 1.807) is 0 Å². The molecule has 0 spiro atoms. The van der Waals surface area contributed by atoms with E-state index in [1.165, 1.54) is 11.1 Å². The SMILES string of the molecule is Cc1ccccc1CNc1cc(NC(C)(C)C)nc(-c2ccccc2)n1. The first-order valence-electron chi connectivity index (χ1n) is 8.92. The molecule has 2 aromatic carbocycles. The number of benzene rings is 2. The van der Waals surface area contributed by atoms with Crippen molar-refractivity contribution < 1.29 is 0 Å². The monoisotopic (exact) mass is 346 g/mol. The Bertz CT molecular complexity index is 867. The summed E-state index contributed by atoms with van der Waals surface area (Å²) in [6.45, 7) is 9.22. The Kier molecular flexibility index (Phi) is 5.21. The summed E-state index contributed by atoms with van der Waals surface area (Å²) in [5, 5.41) is 6.90. The molecule has 4 nitrogen and oxygen atoms in total. The van der Waals surface area contributed by atoms with Gasteiger partial charge in [0, 0.05) is 23.7 Å². The van der Waals surface area contributed by atoms with Crippen molar-refractivity contribution in [3.63, 3.8) is 0 Å². The first-order valence-corrected chi connectivity index (χ1v) is 8.92. The van der Waals surface area contributed by atoms with Crippen LogP contribution in [0.25, 0.3) is 11.4 Å².